The second-order valence-corrected chi connectivity index (χ2v) is 9.53. The normalized spacial score (nSPS) is 12.0. The van der Waals surface area contributed by atoms with Gasteiger partial charge in [-0.3, -0.25) is 4.79 Å². The summed E-state index contributed by atoms with van der Waals surface area (Å²) in [7, 11) is 1.62. The molecule has 1 heterocycles. The summed E-state index contributed by atoms with van der Waals surface area (Å²) in [5.74, 6) is 2.44. The van der Waals surface area contributed by atoms with Crippen LogP contribution in [-0.2, 0) is 11.3 Å². The van der Waals surface area contributed by atoms with Crippen LogP contribution in [0.3, 0.4) is 0 Å². The molecule has 10 heteroatoms. The van der Waals surface area contributed by atoms with E-state index in [0.717, 1.165) is 5.75 Å². The molecule has 0 spiro atoms. The van der Waals surface area contributed by atoms with Gasteiger partial charge in [0.15, 0.2) is 17.1 Å². The van der Waals surface area contributed by atoms with Crippen molar-refractivity contribution in [3.63, 3.8) is 0 Å². The van der Waals surface area contributed by atoms with Gasteiger partial charge in [0.25, 0.3) is 0 Å². The SMILES string of the molecule is COc1ccc(OC(C)c2nnc(SCC(=O)Nc3cc(Cl)ccc3Cl)n2CC(C)C)cc1. The first kappa shape index (κ1) is 25.2. The molecular formula is C23H26Cl2N4O3S. The van der Waals surface area contributed by atoms with Crippen molar-refractivity contribution < 1.29 is 14.3 Å². The Hall–Kier alpha value is -2.42. The zero-order valence-electron chi connectivity index (χ0n) is 18.8. The summed E-state index contributed by atoms with van der Waals surface area (Å²) >= 11 is 13.4. The third-order valence-corrected chi connectivity index (χ3v) is 6.10. The average molecular weight is 509 g/mol. The number of anilines is 1. The highest BCUT2D eigenvalue weighted by atomic mass is 35.5. The Morgan fingerprint density at radius 1 is 1.09 bits per heavy atom. The molecule has 1 N–H and O–H groups in total. The van der Waals surface area contributed by atoms with E-state index in [1.165, 1.54) is 11.8 Å². The number of rotatable bonds is 10. The minimum atomic E-state index is -0.335. The van der Waals surface area contributed by atoms with E-state index in [1.807, 2.05) is 35.8 Å². The van der Waals surface area contributed by atoms with Gasteiger partial charge in [0.05, 0.1) is 23.6 Å². The Bertz CT molecular complexity index is 1090. The number of nitrogens with one attached hydrogen (secondary N) is 1. The minimum absolute atomic E-state index is 0.146. The van der Waals surface area contributed by atoms with Gasteiger partial charge in [0.2, 0.25) is 5.91 Å². The highest BCUT2D eigenvalue weighted by Crippen LogP contribution is 2.28. The van der Waals surface area contributed by atoms with Crippen LogP contribution in [0.4, 0.5) is 5.69 Å². The van der Waals surface area contributed by atoms with E-state index in [0.29, 0.717) is 44.9 Å². The van der Waals surface area contributed by atoms with Crippen LogP contribution in [0, 0.1) is 5.92 Å². The summed E-state index contributed by atoms with van der Waals surface area (Å²) in [5.41, 5.74) is 0.473. The molecular weight excluding hydrogens is 483 g/mol. The fraction of sp³-hybridized carbons (Fsp3) is 0.348. The molecule has 0 saturated heterocycles. The number of halogens is 2. The Morgan fingerprint density at radius 2 is 1.79 bits per heavy atom. The number of hydrogen-bond acceptors (Lipinski definition) is 6. The second kappa shape index (κ2) is 11.6. The molecule has 0 aliphatic heterocycles. The molecule has 1 aromatic heterocycles. The molecule has 3 aromatic rings. The topological polar surface area (TPSA) is 78.3 Å². The predicted octanol–water partition coefficient (Wildman–Crippen LogP) is 6.12. The van der Waals surface area contributed by atoms with Crippen molar-refractivity contribution in [3.05, 3.63) is 58.3 Å². The molecule has 0 bridgehead atoms. The summed E-state index contributed by atoms with van der Waals surface area (Å²) in [4.78, 5) is 12.5. The molecule has 2 aromatic carbocycles. The highest BCUT2D eigenvalue weighted by Gasteiger charge is 2.21. The van der Waals surface area contributed by atoms with Crippen molar-refractivity contribution in [2.24, 2.45) is 5.92 Å². The van der Waals surface area contributed by atoms with Gasteiger partial charge in [-0.1, -0.05) is 48.8 Å². The van der Waals surface area contributed by atoms with Gasteiger partial charge in [-0.2, -0.15) is 0 Å². The van der Waals surface area contributed by atoms with Gasteiger partial charge < -0.3 is 19.4 Å². The molecule has 7 nitrogen and oxygen atoms in total. The van der Waals surface area contributed by atoms with Crippen LogP contribution in [0.25, 0.3) is 0 Å². The molecule has 3 rings (SSSR count). The number of amides is 1. The maximum Gasteiger partial charge on any atom is 0.234 e. The molecule has 176 valence electrons. The van der Waals surface area contributed by atoms with E-state index in [1.54, 1.807) is 25.3 Å². The Balaban J connectivity index is 1.70. The standard InChI is InChI=1S/C23H26Cl2N4O3S/c1-14(2)12-29-22(15(3)32-18-8-6-17(31-4)7-9-18)27-28-23(29)33-13-21(30)26-20-11-16(24)5-10-19(20)25/h5-11,14-15H,12-13H2,1-4H3,(H,26,30). The number of ether oxygens (including phenoxy) is 2. The molecule has 0 aliphatic carbocycles. The molecule has 1 unspecified atom stereocenters. The number of aromatic nitrogens is 3. The highest BCUT2D eigenvalue weighted by molar-refractivity contribution is 7.99. The maximum absolute atomic E-state index is 12.5. The van der Waals surface area contributed by atoms with Crippen molar-refractivity contribution in [1.29, 1.82) is 0 Å². The third kappa shape index (κ3) is 7.03. The van der Waals surface area contributed by atoms with Crippen LogP contribution in [-0.4, -0.2) is 33.5 Å². The molecule has 1 atom stereocenters. The van der Waals surface area contributed by atoms with Crippen LogP contribution in [0.2, 0.25) is 10.0 Å². The number of methoxy groups -OCH3 is 1. The summed E-state index contributed by atoms with van der Waals surface area (Å²) in [6, 6.07) is 12.3. The van der Waals surface area contributed by atoms with Gasteiger partial charge in [0.1, 0.15) is 11.5 Å². The number of thioether (sulfide) groups is 1. The minimum Gasteiger partial charge on any atom is -0.497 e. The number of benzene rings is 2. The van der Waals surface area contributed by atoms with Gasteiger partial charge in [-0.15, -0.1) is 10.2 Å². The van der Waals surface area contributed by atoms with Crippen LogP contribution < -0.4 is 14.8 Å². The lowest BCUT2D eigenvalue weighted by atomic mass is 10.2. The molecule has 0 fully saturated rings. The molecule has 0 aliphatic rings. The first-order chi connectivity index (χ1) is 15.8. The quantitative estimate of drug-likeness (QED) is 0.332. The van der Waals surface area contributed by atoms with Crippen molar-refractivity contribution in [2.75, 3.05) is 18.2 Å². The Morgan fingerprint density at radius 3 is 2.45 bits per heavy atom. The van der Waals surface area contributed by atoms with Gasteiger partial charge in [-0.05, 0) is 55.3 Å². The monoisotopic (exact) mass is 508 g/mol. The van der Waals surface area contributed by atoms with Gasteiger partial charge in [-0.25, -0.2) is 0 Å². The second-order valence-electron chi connectivity index (χ2n) is 7.74. The third-order valence-electron chi connectivity index (χ3n) is 4.56. The van der Waals surface area contributed by atoms with Crippen LogP contribution in [0.1, 0.15) is 32.7 Å². The van der Waals surface area contributed by atoms with Crippen molar-refractivity contribution in [3.8, 4) is 11.5 Å². The lowest BCUT2D eigenvalue weighted by Crippen LogP contribution is -2.17. The Labute approximate surface area is 207 Å². The first-order valence-corrected chi connectivity index (χ1v) is 12.1. The van der Waals surface area contributed by atoms with Gasteiger partial charge in [0, 0.05) is 11.6 Å². The number of carbonyl (C=O) groups is 1. The largest absolute Gasteiger partial charge is 0.497 e. The van der Waals surface area contributed by atoms with Crippen LogP contribution in [0.5, 0.6) is 11.5 Å². The fourth-order valence-corrected chi connectivity index (χ4v) is 4.16. The van der Waals surface area contributed by atoms with E-state index in [4.69, 9.17) is 32.7 Å². The van der Waals surface area contributed by atoms with Gasteiger partial charge >= 0.3 is 0 Å². The molecule has 33 heavy (non-hydrogen) atoms. The van der Waals surface area contributed by atoms with Crippen LogP contribution in [0.15, 0.2) is 47.6 Å². The summed E-state index contributed by atoms with van der Waals surface area (Å²) < 4.78 is 13.3. The van der Waals surface area contributed by atoms with E-state index in [-0.39, 0.29) is 17.8 Å². The van der Waals surface area contributed by atoms with E-state index < -0.39 is 0 Å². The van der Waals surface area contributed by atoms with E-state index >= 15 is 0 Å². The number of hydrogen-bond donors (Lipinski definition) is 1. The fourth-order valence-electron chi connectivity index (χ4n) is 3.07. The zero-order chi connectivity index (χ0) is 24.0. The smallest absolute Gasteiger partial charge is 0.234 e. The molecule has 0 saturated carbocycles. The maximum atomic E-state index is 12.5. The Kier molecular flexibility index (Phi) is 8.88. The van der Waals surface area contributed by atoms with Crippen molar-refractivity contribution >= 4 is 46.6 Å². The lowest BCUT2D eigenvalue weighted by Gasteiger charge is -2.18. The van der Waals surface area contributed by atoms with Crippen LogP contribution >= 0.6 is 35.0 Å². The summed E-state index contributed by atoms with van der Waals surface area (Å²) in [5, 5.41) is 13.0. The summed E-state index contributed by atoms with van der Waals surface area (Å²) in [6.45, 7) is 6.85. The van der Waals surface area contributed by atoms with Crippen molar-refractivity contribution in [1.82, 2.24) is 14.8 Å². The predicted molar refractivity (Wildman–Crippen MR) is 133 cm³/mol. The van der Waals surface area contributed by atoms with Crippen molar-refractivity contribution in [2.45, 2.75) is 38.6 Å². The first-order valence-electron chi connectivity index (χ1n) is 10.4. The lowest BCUT2D eigenvalue weighted by molar-refractivity contribution is -0.113. The molecule has 1 amide bonds. The number of carbonyl (C=O) groups excluding carboxylic acids is 1. The van der Waals surface area contributed by atoms with E-state index in [2.05, 4.69) is 29.4 Å². The average Bonchev–Trinajstić information content (AvgIpc) is 3.17. The number of nitrogens with zero attached hydrogens (tertiary/aromatic N) is 3. The zero-order valence-corrected chi connectivity index (χ0v) is 21.2. The van der Waals surface area contributed by atoms with E-state index in [9.17, 15) is 4.79 Å². The molecule has 0 radical (unpaired) electrons. The summed E-state index contributed by atoms with van der Waals surface area (Å²) in [6.07, 6.45) is -0.335.